The highest BCUT2D eigenvalue weighted by Gasteiger charge is 2.01. The molecule has 0 fully saturated rings. The minimum atomic E-state index is 0.726. The number of ether oxygens (including phenoxy) is 1. The largest absolute Gasteiger partial charge is 0.454 e. The molecule has 2 aromatic rings. The topological polar surface area (TPSA) is 52.0 Å². The molecule has 0 saturated heterocycles. The molecule has 0 unspecified atom stereocenters. The first-order valence-corrected chi connectivity index (χ1v) is 5.04. The van der Waals surface area contributed by atoms with Crippen LogP contribution in [-0.2, 0) is 13.6 Å². The van der Waals surface area contributed by atoms with E-state index < -0.39 is 0 Å². The van der Waals surface area contributed by atoms with Crippen LogP contribution in [0.25, 0.3) is 0 Å². The van der Waals surface area contributed by atoms with E-state index in [1.165, 1.54) is 0 Å². The van der Waals surface area contributed by atoms with E-state index in [-0.39, 0.29) is 0 Å². The first-order chi connectivity index (χ1) is 7.78. The van der Waals surface area contributed by atoms with Crippen molar-refractivity contribution in [2.75, 3.05) is 7.05 Å². The second-order valence-corrected chi connectivity index (χ2v) is 3.46. The van der Waals surface area contributed by atoms with Crippen LogP contribution in [0.1, 0.15) is 5.69 Å². The molecular weight excluding hydrogens is 204 g/mol. The van der Waals surface area contributed by atoms with Crippen molar-refractivity contribution in [2.24, 2.45) is 7.05 Å². The molecule has 5 nitrogen and oxygen atoms in total. The van der Waals surface area contributed by atoms with Crippen LogP contribution in [0.3, 0.4) is 0 Å². The lowest BCUT2D eigenvalue weighted by molar-refractivity contribution is 0.480. The van der Waals surface area contributed by atoms with E-state index >= 15 is 0 Å². The molecule has 0 aliphatic carbocycles. The van der Waals surface area contributed by atoms with Gasteiger partial charge < -0.3 is 10.1 Å². The van der Waals surface area contributed by atoms with Crippen LogP contribution in [0.5, 0.6) is 11.5 Å². The lowest BCUT2D eigenvalue weighted by Crippen LogP contribution is -2.06. The Morgan fingerprint density at radius 2 is 2.31 bits per heavy atom. The van der Waals surface area contributed by atoms with Crippen molar-refractivity contribution in [3.63, 3.8) is 0 Å². The molecule has 0 radical (unpaired) electrons. The van der Waals surface area contributed by atoms with E-state index in [4.69, 9.17) is 4.74 Å². The van der Waals surface area contributed by atoms with Crippen molar-refractivity contribution in [3.05, 3.63) is 36.4 Å². The second kappa shape index (κ2) is 4.76. The zero-order valence-corrected chi connectivity index (χ0v) is 9.34. The summed E-state index contributed by atoms with van der Waals surface area (Å²) in [6.45, 7) is 0.726. The third-order valence-electron chi connectivity index (χ3n) is 2.06. The van der Waals surface area contributed by atoms with Crippen molar-refractivity contribution >= 4 is 0 Å². The maximum absolute atomic E-state index is 5.64. The van der Waals surface area contributed by atoms with Crippen molar-refractivity contribution in [1.29, 1.82) is 0 Å². The minimum Gasteiger partial charge on any atom is -0.454 e. The number of pyridine rings is 1. The van der Waals surface area contributed by atoms with Crippen LogP contribution in [0.2, 0.25) is 0 Å². The van der Waals surface area contributed by atoms with Crippen molar-refractivity contribution in [1.82, 2.24) is 20.1 Å². The zero-order chi connectivity index (χ0) is 11.4. The molecule has 1 N–H and O–H groups in total. The summed E-state index contributed by atoms with van der Waals surface area (Å²) in [6, 6.07) is 3.73. The average Bonchev–Trinajstić information content (AvgIpc) is 2.65. The molecule has 0 amide bonds. The van der Waals surface area contributed by atoms with Gasteiger partial charge >= 0.3 is 0 Å². The summed E-state index contributed by atoms with van der Waals surface area (Å²) < 4.78 is 7.33. The van der Waals surface area contributed by atoms with Crippen LogP contribution < -0.4 is 10.1 Å². The maximum atomic E-state index is 5.64. The Kier molecular flexibility index (Phi) is 3.16. The second-order valence-electron chi connectivity index (χ2n) is 3.46. The first-order valence-electron chi connectivity index (χ1n) is 5.04. The minimum absolute atomic E-state index is 0.726. The molecule has 2 heterocycles. The molecule has 0 aliphatic rings. The van der Waals surface area contributed by atoms with Crippen LogP contribution >= 0.6 is 0 Å². The Hall–Kier alpha value is -1.88. The lowest BCUT2D eigenvalue weighted by atomic mass is 10.3. The summed E-state index contributed by atoms with van der Waals surface area (Å²) in [5.74, 6) is 1.50. The van der Waals surface area contributed by atoms with Gasteiger partial charge in [-0.05, 0) is 13.1 Å². The fraction of sp³-hybridized carbons (Fsp3) is 0.273. The van der Waals surface area contributed by atoms with Gasteiger partial charge in [0.15, 0.2) is 5.75 Å². The van der Waals surface area contributed by atoms with E-state index in [9.17, 15) is 0 Å². The third kappa shape index (κ3) is 2.58. The van der Waals surface area contributed by atoms with E-state index in [1.807, 2.05) is 32.4 Å². The average molecular weight is 218 g/mol. The molecule has 0 spiro atoms. The van der Waals surface area contributed by atoms with Crippen molar-refractivity contribution in [3.8, 4) is 11.5 Å². The van der Waals surface area contributed by atoms with Gasteiger partial charge in [-0.2, -0.15) is 5.10 Å². The summed E-state index contributed by atoms with van der Waals surface area (Å²) in [5, 5.41) is 7.08. The first kappa shape index (κ1) is 10.6. The molecule has 0 atom stereocenters. The number of hydrogen-bond acceptors (Lipinski definition) is 4. The van der Waals surface area contributed by atoms with Crippen molar-refractivity contribution in [2.45, 2.75) is 6.54 Å². The number of nitrogens with zero attached hydrogens (tertiary/aromatic N) is 3. The summed E-state index contributed by atoms with van der Waals surface area (Å²) >= 11 is 0. The smallest absolute Gasteiger partial charge is 0.165 e. The Labute approximate surface area is 94.1 Å². The normalized spacial score (nSPS) is 10.4. The number of nitrogens with one attached hydrogen (secondary N) is 1. The lowest BCUT2D eigenvalue weighted by Gasteiger charge is -2.04. The predicted octanol–water partition coefficient (Wildman–Crippen LogP) is 1.33. The number of rotatable bonds is 4. The fourth-order valence-corrected chi connectivity index (χ4v) is 1.38. The molecular formula is C11H14N4O. The van der Waals surface area contributed by atoms with Gasteiger partial charge in [0.25, 0.3) is 0 Å². The van der Waals surface area contributed by atoms with Gasteiger partial charge in [-0.1, -0.05) is 0 Å². The maximum Gasteiger partial charge on any atom is 0.165 e. The van der Waals surface area contributed by atoms with E-state index in [0.29, 0.717) is 0 Å². The summed E-state index contributed by atoms with van der Waals surface area (Å²) in [6.07, 6.45) is 5.23. The monoisotopic (exact) mass is 218 g/mol. The van der Waals surface area contributed by atoms with E-state index in [1.54, 1.807) is 17.1 Å². The van der Waals surface area contributed by atoms with Gasteiger partial charge in [0.05, 0.1) is 18.1 Å². The SMILES string of the molecule is CNCc1cc(Oc2cnn(C)c2)ccn1. The molecule has 5 heteroatoms. The molecule has 2 aromatic heterocycles. The number of aromatic nitrogens is 3. The molecule has 0 aromatic carbocycles. The molecule has 16 heavy (non-hydrogen) atoms. The molecule has 2 rings (SSSR count). The number of aryl methyl sites for hydroxylation is 1. The van der Waals surface area contributed by atoms with Gasteiger partial charge in [-0.25, -0.2) is 0 Å². The Bertz CT molecular complexity index is 467. The molecule has 0 saturated carbocycles. The third-order valence-corrected chi connectivity index (χ3v) is 2.06. The highest BCUT2D eigenvalue weighted by atomic mass is 16.5. The van der Waals surface area contributed by atoms with Gasteiger partial charge in [-0.15, -0.1) is 0 Å². The predicted molar refractivity (Wildman–Crippen MR) is 60.3 cm³/mol. The molecule has 84 valence electrons. The van der Waals surface area contributed by atoms with Crippen LogP contribution in [0.15, 0.2) is 30.7 Å². The summed E-state index contributed by atoms with van der Waals surface area (Å²) in [5.41, 5.74) is 0.948. The quantitative estimate of drug-likeness (QED) is 0.841. The van der Waals surface area contributed by atoms with E-state index in [0.717, 1.165) is 23.7 Å². The van der Waals surface area contributed by atoms with Crippen LogP contribution in [0, 0.1) is 0 Å². The highest BCUT2D eigenvalue weighted by Crippen LogP contribution is 2.20. The highest BCUT2D eigenvalue weighted by molar-refractivity contribution is 5.28. The van der Waals surface area contributed by atoms with Crippen LogP contribution in [-0.4, -0.2) is 21.8 Å². The van der Waals surface area contributed by atoms with Gasteiger partial charge in [0, 0.05) is 25.9 Å². The zero-order valence-electron chi connectivity index (χ0n) is 9.34. The molecule has 0 bridgehead atoms. The summed E-state index contributed by atoms with van der Waals surface area (Å²) in [4.78, 5) is 4.21. The van der Waals surface area contributed by atoms with Crippen molar-refractivity contribution < 1.29 is 4.74 Å². The van der Waals surface area contributed by atoms with Gasteiger partial charge in [-0.3, -0.25) is 9.67 Å². The van der Waals surface area contributed by atoms with Gasteiger partial charge in [0.1, 0.15) is 5.75 Å². The van der Waals surface area contributed by atoms with Crippen LogP contribution in [0.4, 0.5) is 0 Å². The molecule has 0 aliphatic heterocycles. The standard InChI is InChI=1S/C11H14N4O/c1-12-6-9-5-10(3-4-13-9)16-11-7-14-15(2)8-11/h3-5,7-8,12H,6H2,1-2H3. The Morgan fingerprint density at radius 1 is 1.44 bits per heavy atom. The Balaban J connectivity index is 2.12. The fourth-order valence-electron chi connectivity index (χ4n) is 1.38. The van der Waals surface area contributed by atoms with E-state index in [2.05, 4.69) is 15.4 Å². The number of hydrogen-bond donors (Lipinski definition) is 1. The Morgan fingerprint density at radius 3 is 3.00 bits per heavy atom. The van der Waals surface area contributed by atoms with Gasteiger partial charge in [0.2, 0.25) is 0 Å². The summed E-state index contributed by atoms with van der Waals surface area (Å²) in [7, 11) is 3.74.